The Hall–Kier alpha value is -6.00. The van der Waals surface area contributed by atoms with Crippen LogP contribution in [0.15, 0.2) is 140 Å². The van der Waals surface area contributed by atoms with E-state index in [4.69, 9.17) is 4.98 Å². The molecule has 10 rings (SSSR count). The van der Waals surface area contributed by atoms with Crippen LogP contribution in [0.5, 0.6) is 0 Å². The first-order valence-electron chi connectivity index (χ1n) is 17.1. The monoisotopic (exact) mass is 630 g/mol. The van der Waals surface area contributed by atoms with Gasteiger partial charge in [0.15, 0.2) is 0 Å². The average Bonchev–Trinajstić information content (AvgIpc) is 3.49. The molecule has 0 bridgehead atoms. The van der Waals surface area contributed by atoms with Crippen LogP contribution in [0.1, 0.15) is 42.5 Å². The minimum atomic E-state index is -0.0807. The molecule has 4 nitrogen and oxygen atoms in total. The molecule has 0 amide bonds. The summed E-state index contributed by atoms with van der Waals surface area (Å²) in [5, 5.41) is 4.89. The maximum absolute atomic E-state index is 4.99. The highest BCUT2D eigenvalue weighted by Gasteiger charge is 2.35. The smallest absolute Gasteiger partial charge is 0.145 e. The topological polar surface area (TPSA) is 34.0 Å². The molecule has 0 atom stereocenters. The minimum absolute atomic E-state index is 0.0807. The second-order valence-electron chi connectivity index (χ2n) is 13.8. The number of nitrogens with zero attached hydrogens (tertiary/aromatic N) is 4. The van der Waals surface area contributed by atoms with Gasteiger partial charge in [-0.15, -0.1) is 0 Å². The van der Waals surface area contributed by atoms with Crippen LogP contribution in [0.25, 0.3) is 55.5 Å². The molecule has 1 aliphatic carbocycles. The van der Waals surface area contributed by atoms with Gasteiger partial charge in [-0.05, 0) is 94.1 Å². The first kappa shape index (κ1) is 28.1. The standard InChI is InChI=1S/C45H34N4/c1-45(2)38-15-7-8-17-42(38)49-41-20-18-30(28-37(41)36-14-9-16-39(45)43(36)49)32-19-21-40(35-13-6-5-12-34(32)35)48(31-23-25-46-26-24-31)44-33-11-4-3-10-29(33)22-27-47-44/h3-5,7-12,14-28H,6,13H2,1-2H3. The molecule has 0 N–H and O–H groups in total. The fraction of sp³-hybridized carbons (Fsp3) is 0.111. The number of anilines is 3. The van der Waals surface area contributed by atoms with Gasteiger partial charge in [-0.1, -0.05) is 98.8 Å². The third kappa shape index (κ3) is 4.04. The first-order chi connectivity index (χ1) is 24.1. The van der Waals surface area contributed by atoms with Crippen LogP contribution in [0.4, 0.5) is 17.2 Å². The third-order valence-corrected chi connectivity index (χ3v) is 10.8. The van der Waals surface area contributed by atoms with Gasteiger partial charge in [0.05, 0.1) is 28.1 Å². The van der Waals surface area contributed by atoms with Crippen LogP contribution in [0.3, 0.4) is 0 Å². The lowest BCUT2D eigenvalue weighted by Crippen LogP contribution is -2.26. The van der Waals surface area contributed by atoms with Gasteiger partial charge in [-0.25, -0.2) is 4.98 Å². The molecule has 0 fully saturated rings. The number of hydrogen-bond acceptors (Lipinski definition) is 3. The van der Waals surface area contributed by atoms with Gasteiger partial charge in [0.1, 0.15) is 5.82 Å². The van der Waals surface area contributed by atoms with Crippen molar-refractivity contribution in [3.63, 3.8) is 0 Å². The zero-order valence-electron chi connectivity index (χ0n) is 27.6. The van der Waals surface area contributed by atoms with Gasteiger partial charge in [0.25, 0.3) is 0 Å². The third-order valence-electron chi connectivity index (χ3n) is 10.8. The molecule has 0 saturated heterocycles. The molecule has 5 aromatic carbocycles. The van der Waals surface area contributed by atoms with Gasteiger partial charge in [-0.2, -0.15) is 0 Å². The lowest BCUT2D eigenvalue weighted by molar-refractivity contribution is 0.630. The van der Waals surface area contributed by atoms with E-state index in [1.54, 1.807) is 0 Å². The lowest BCUT2D eigenvalue weighted by atomic mass is 9.75. The largest absolute Gasteiger partial charge is 0.309 e. The Balaban J connectivity index is 1.19. The van der Waals surface area contributed by atoms with Crippen molar-refractivity contribution in [2.24, 2.45) is 0 Å². The Morgan fingerprint density at radius 2 is 1.53 bits per heavy atom. The maximum Gasteiger partial charge on any atom is 0.145 e. The summed E-state index contributed by atoms with van der Waals surface area (Å²) < 4.78 is 2.49. The molecule has 2 aliphatic rings. The molecular weight excluding hydrogens is 597 g/mol. The fourth-order valence-corrected chi connectivity index (χ4v) is 8.48. The van der Waals surface area contributed by atoms with E-state index in [1.165, 1.54) is 66.3 Å². The molecule has 3 aromatic heterocycles. The van der Waals surface area contributed by atoms with E-state index < -0.39 is 0 Å². The summed E-state index contributed by atoms with van der Waals surface area (Å²) in [7, 11) is 0. The molecule has 1 aliphatic heterocycles. The van der Waals surface area contributed by atoms with E-state index >= 15 is 0 Å². The van der Waals surface area contributed by atoms with Gasteiger partial charge in [-0.3, -0.25) is 9.88 Å². The Kier molecular flexibility index (Phi) is 6.01. The van der Waals surface area contributed by atoms with Crippen LogP contribution in [0.2, 0.25) is 0 Å². The van der Waals surface area contributed by atoms with E-state index in [1.807, 2.05) is 18.6 Å². The van der Waals surface area contributed by atoms with Crippen LogP contribution >= 0.6 is 0 Å². The zero-order chi connectivity index (χ0) is 32.7. The van der Waals surface area contributed by atoms with Gasteiger partial charge >= 0.3 is 0 Å². The van der Waals surface area contributed by atoms with E-state index in [0.717, 1.165) is 35.4 Å². The number of benzene rings is 5. The lowest BCUT2D eigenvalue weighted by Gasteiger charge is -2.34. The fourth-order valence-electron chi connectivity index (χ4n) is 8.48. The maximum atomic E-state index is 4.99. The van der Waals surface area contributed by atoms with Crippen molar-refractivity contribution in [2.45, 2.75) is 32.1 Å². The molecule has 0 spiro atoms. The van der Waals surface area contributed by atoms with Crippen LogP contribution in [0, 0.1) is 0 Å². The Bertz CT molecular complexity index is 2640. The second kappa shape index (κ2) is 10.5. The molecule has 49 heavy (non-hydrogen) atoms. The predicted octanol–water partition coefficient (Wildman–Crippen LogP) is 11.5. The Morgan fingerprint density at radius 3 is 2.45 bits per heavy atom. The van der Waals surface area contributed by atoms with E-state index in [9.17, 15) is 0 Å². The number of rotatable bonds is 4. The van der Waals surface area contributed by atoms with E-state index in [0.29, 0.717) is 0 Å². The van der Waals surface area contributed by atoms with Crippen molar-refractivity contribution in [1.29, 1.82) is 0 Å². The summed E-state index contributed by atoms with van der Waals surface area (Å²) in [4.78, 5) is 11.6. The van der Waals surface area contributed by atoms with Crippen LogP contribution in [-0.2, 0) is 11.8 Å². The molecule has 0 radical (unpaired) electrons. The van der Waals surface area contributed by atoms with Crippen LogP contribution < -0.4 is 4.90 Å². The Labute approximate surface area is 285 Å². The molecule has 0 saturated carbocycles. The summed E-state index contributed by atoms with van der Waals surface area (Å²) in [5.41, 5.74) is 13.8. The number of hydrogen-bond donors (Lipinski definition) is 0. The van der Waals surface area contributed by atoms with Crippen molar-refractivity contribution >= 4 is 55.8 Å². The summed E-state index contributed by atoms with van der Waals surface area (Å²) in [6.07, 6.45) is 12.3. The number of aromatic nitrogens is 3. The number of para-hydroxylation sites is 2. The molecule has 4 heterocycles. The van der Waals surface area contributed by atoms with Crippen molar-refractivity contribution < 1.29 is 0 Å². The SMILES string of the molecule is CC1(C)c2ccccc2-n2c3ccc(-c4ccc(N(c5ccncc5)c5nccc6ccccc56)c5c4C=CCC5)cc3c3cccc1c32. The summed E-state index contributed by atoms with van der Waals surface area (Å²) in [6, 6.07) is 42.2. The summed E-state index contributed by atoms with van der Waals surface area (Å²) in [6.45, 7) is 4.72. The van der Waals surface area contributed by atoms with Gasteiger partial charge in [0.2, 0.25) is 0 Å². The average molecular weight is 631 g/mol. The zero-order valence-corrected chi connectivity index (χ0v) is 27.6. The summed E-state index contributed by atoms with van der Waals surface area (Å²) >= 11 is 0. The predicted molar refractivity (Wildman–Crippen MR) is 203 cm³/mol. The quantitative estimate of drug-likeness (QED) is 0.194. The minimum Gasteiger partial charge on any atom is -0.309 e. The number of allylic oxidation sites excluding steroid dienone is 1. The molecule has 8 aromatic rings. The first-order valence-corrected chi connectivity index (χ1v) is 17.1. The van der Waals surface area contributed by atoms with Gasteiger partial charge < -0.3 is 4.57 Å². The Morgan fingerprint density at radius 1 is 0.714 bits per heavy atom. The normalized spacial score (nSPS) is 14.2. The molecule has 4 heteroatoms. The van der Waals surface area contributed by atoms with Gasteiger partial charge in [0, 0.05) is 40.2 Å². The van der Waals surface area contributed by atoms with Crippen molar-refractivity contribution in [3.8, 4) is 16.8 Å². The van der Waals surface area contributed by atoms with E-state index in [2.05, 4.69) is 156 Å². The van der Waals surface area contributed by atoms with Crippen molar-refractivity contribution in [1.82, 2.24) is 14.5 Å². The van der Waals surface area contributed by atoms with E-state index in [-0.39, 0.29) is 5.41 Å². The van der Waals surface area contributed by atoms with Crippen molar-refractivity contribution in [3.05, 3.63) is 162 Å². The number of fused-ring (bicyclic) bond motifs is 7. The van der Waals surface area contributed by atoms with Crippen molar-refractivity contribution in [2.75, 3.05) is 4.90 Å². The second-order valence-corrected chi connectivity index (χ2v) is 13.8. The van der Waals surface area contributed by atoms with Crippen LogP contribution in [-0.4, -0.2) is 14.5 Å². The molecule has 234 valence electrons. The molecular formula is C45H34N4. The molecule has 0 unspecified atom stereocenters. The summed E-state index contributed by atoms with van der Waals surface area (Å²) in [5.74, 6) is 0.924. The number of pyridine rings is 2. The highest BCUT2D eigenvalue weighted by molar-refractivity contribution is 6.13. The highest BCUT2D eigenvalue weighted by atomic mass is 15.2. The highest BCUT2D eigenvalue weighted by Crippen LogP contribution is 2.49.